The average molecular weight is 119 g/mol. The van der Waals surface area contributed by atoms with Crippen molar-refractivity contribution in [1.82, 2.24) is 0 Å². The normalized spacial score (nSPS) is 13.4. The third kappa shape index (κ3) is 2.65. The van der Waals surface area contributed by atoms with E-state index in [1.807, 2.05) is 6.26 Å². The molecule has 42 valence electrons. The van der Waals surface area contributed by atoms with Crippen LogP contribution in [0.15, 0.2) is 0 Å². The zero-order chi connectivity index (χ0) is 5.70. The van der Waals surface area contributed by atoms with Crippen molar-refractivity contribution in [2.24, 2.45) is 5.73 Å². The van der Waals surface area contributed by atoms with E-state index in [0.717, 1.165) is 6.29 Å². The minimum absolute atomic E-state index is 0.000000000000000222. The van der Waals surface area contributed by atoms with Crippen LogP contribution in [0.4, 0.5) is 0 Å². The summed E-state index contributed by atoms with van der Waals surface area (Å²) in [5.74, 6) is 0. The minimum Gasteiger partial charge on any atom is -0.329 e. The molecule has 0 spiro atoms. The molecule has 0 aromatic carbocycles. The van der Waals surface area contributed by atoms with E-state index < -0.39 is 0 Å². The third-order valence-electron chi connectivity index (χ3n) is 0.687. The molecule has 7 heavy (non-hydrogen) atoms. The largest absolute Gasteiger partial charge is 0.329 e. The Morgan fingerprint density at radius 1 is 2.00 bits per heavy atom. The topological polar surface area (TPSA) is 43.1 Å². The molecule has 1 unspecified atom stereocenters. The molecular weight excluding hydrogens is 110 g/mol. The van der Waals surface area contributed by atoms with Crippen molar-refractivity contribution in [3.05, 3.63) is 0 Å². The maximum atomic E-state index is 9.87. The number of thioether (sulfide) groups is 1. The van der Waals surface area contributed by atoms with Crippen LogP contribution in [0.5, 0.6) is 0 Å². The van der Waals surface area contributed by atoms with Gasteiger partial charge < -0.3 is 10.5 Å². The van der Waals surface area contributed by atoms with Gasteiger partial charge in [-0.25, -0.2) is 0 Å². The summed E-state index contributed by atoms with van der Waals surface area (Å²) in [6.45, 7) is 0.449. The maximum absolute atomic E-state index is 9.87. The van der Waals surface area contributed by atoms with Crippen LogP contribution in [-0.4, -0.2) is 24.3 Å². The van der Waals surface area contributed by atoms with Crippen LogP contribution in [0.3, 0.4) is 0 Å². The molecule has 0 aliphatic rings. The van der Waals surface area contributed by atoms with Gasteiger partial charge in [0.05, 0.1) is 5.25 Å². The number of rotatable bonds is 3. The quantitative estimate of drug-likeness (QED) is 0.526. The first-order valence-electron chi connectivity index (χ1n) is 2.03. The lowest BCUT2D eigenvalue weighted by Crippen LogP contribution is -2.17. The number of nitrogens with two attached hydrogens (primary N) is 1. The van der Waals surface area contributed by atoms with Gasteiger partial charge in [-0.15, -0.1) is 0 Å². The standard InChI is InChI=1S/C4H9NOS/c1-7-4(2-5)3-6/h3-4H,2,5H2,1H3. The van der Waals surface area contributed by atoms with E-state index in [4.69, 9.17) is 5.73 Å². The Hall–Kier alpha value is -0.0200. The summed E-state index contributed by atoms with van der Waals surface area (Å²) < 4.78 is 0. The van der Waals surface area contributed by atoms with Crippen LogP contribution in [0.25, 0.3) is 0 Å². The first kappa shape index (κ1) is 6.98. The van der Waals surface area contributed by atoms with Crippen LogP contribution in [0.2, 0.25) is 0 Å². The number of carbonyl (C=O) groups excluding carboxylic acids is 1. The van der Waals surface area contributed by atoms with Gasteiger partial charge in [-0.2, -0.15) is 11.8 Å². The van der Waals surface area contributed by atoms with Crippen molar-refractivity contribution in [2.45, 2.75) is 5.25 Å². The van der Waals surface area contributed by atoms with Crippen molar-refractivity contribution in [1.29, 1.82) is 0 Å². The second kappa shape index (κ2) is 4.15. The van der Waals surface area contributed by atoms with Gasteiger partial charge in [0, 0.05) is 6.54 Å². The van der Waals surface area contributed by atoms with E-state index >= 15 is 0 Å². The third-order valence-corrected chi connectivity index (χ3v) is 1.60. The van der Waals surface area contributed by atoms with Crippen molar-refractivity contribution < 1.29 is 4.79 Å². The molecule has 2 N–H and O–H groups in total. The highest BCUT2D eigenvalue weighted by molar-refractivity contribution is 7.99. The van der Waals surface area contributed by atoms with Crippen LogP contribution in [0.1, 0.15) is 0 Å². The lowest BCUT2D eigenvalue weighted by Gasteiger charge is -1.97. The van der Waals surface area contributed by atoms with Crippen LogP contribution < -0.4 is 5.73 Å². The highest BCUT2D eigenvalue weighted by Gasteiger charge is 1.97. The Kier molecular flexibility index (Phi) is 4.14. The van der Waals surface area contributed by atoms with Gasteiger partial charge in [-0.1, -0.05) is 0 Å². The van der Waals surface area contributed by atoms with E-state index in [2.05, 4.69) is 0 Å². The molecule has 1 atom stereocenters. The Balaban J connectivity index is 3.16. The van der Waals surface area contributed by atoms with Gasteiger partial charge in [-0.05, 0) is 6.26 Å². The molecule has 0 radical (unpaired) electrons. The lowest BCUT2D eigenvalue weighted by atomic mass is 10.5. The van der Waals surface area contributed by atoms with E-state index in [-0.39, 0.29) is 5.25 Å². The van der Waals surface area contributed by atoms with Crippen molar-refractivity contribution >= 4 is 18.0 Å². The smallest absolute Gasteiger partial charge is 0.134 e. The molecule has 0 bridgehead atoms. The Bertz CT molecular complexity index is 53.7. The summed E-state index contributed by atoms with van der Waals surface area (Å²) in [6, 6.07) is 0. The summed E-state index contributed by atoms with van der Waals surface area (Å²) in [6.07, 6.45) is 2.73. The van der Waals surface area contributed by atoms with Crippen molar-refractivity contribution in [3.63, 3.8) is 0 Å². The first-order valence-corrected chi connectivity index (χ1v) is 3.32. The zero-order valence-corrected chi connectivity index (χ0v) is 5.07. The lowest BCUT2D eigenvalue weighted by molar-refractivity contribution is -0.107. The fraction of sp³-hybridized carbons (Fsp3) is 0.750. The van der Waals surface area contributed by atoms with Crippen LogP contribution in [-0.2, 0) is 4.79 Å². The molecule has 0 amide bonds. The molecule has 0 aromatic rings. The van der Waals surface area contributed by atoms with Crippen molar-refractivity contribution in [2.75, 3.05) is 12.8 Å². The van der Waals surface area contributed by atoms with Crippen LogP contribution >= 0.6 is 11.8 Å². The molecule has 2 nitrogen and oxygen atoms in total. The Labute approximate surface area is 47.5 Å². The molecule has 0 saturated carbocycles. The molecule has 0 rings (SSSR count). The van der Waals surface area contributed by atoms with Gasteiger partial charge in [0.25, 0.3) is 0 Å². The monoisotopic (exact) mass is 119 g/mol. The SMILES string of the molecule is CSC(C=O)CN. The van der Waals surface area contributed by atoms with E-state index in [1.54, 1.807) is 0 Å². The maximum Gasteiger partial charge on any atom is 0.134 e. The molecule has 0 aromatic heterocycles. The molecular formula is C4H9NOS. The number of hydrogen-bond acceptors (Lipinski definition) is 3. The van der Waals surface area contributed by atoms with Crippen molar-refractivity contribution in [3.8, 4) is 0 Å². The summed E-state index contributed by atoms with van der Waals surface area (Å²) in [5.41, 5.74) is 5.14. The van der Waals surface area contributed by atoms with Gasteiger partial charge in [0.1, 0.15) is 6.29 Å². The Morgan fingerprint density at radius 2 is 2.57 bits per heavy atom. The number of aldehydes is 1. The molecule has 0 fully saturated rings. The summed E-state index contributed by atoms with van der Waals surface area (Å²) in [4.78, 5) is 9.87. The van der Waals surface area contributed by atoms with E-state index in [0.29, 0.717) is 6.54 Å². The summed E-state index contributed by atoms with van der Waals surface area (Å²) in [5, 5.41) is -0.000000000000000222. The second-order valence-corrected chi connectivity index (χ2v) is 2.22. The predicted molar refractivity (Wildman–Crippen MR) is 32.4 cm³/mol. The fourth-order valence-corrected chi connectivity index (χ4v) is 0.511. The molecule has 0 saturated heterocycles. The van der Waals surface area contributed by atoms with E-state index in [9.17, 15) is 4.79 Å². The summed E-state index contributed by atoms with van der Waals surface area (Å²) in [7, 11) is 0. The molecule has 3 heteroatoms. The number of hydrogen-bond donors (Lipinski definition) is 1. The zero-order valence-electron chi connectivity index (χ0n) is 4.26. The van der Waals surface area contributed by atoms with Gasteiger partial charge in [0.2, 0.25) is 0 Å². The highest BCUT2D eigenvalue weighted by atomic mass is 32.2. The van der Waals surface area contributed by atoms with Gasteiger partial charge in [-0.3, -0.25) is 0 Å². The molecule has 0 aliphatic heterocycles. The molecule has 0 heterocycles. The van der Waals surface area contributed by atoms with E-state index in [1.165, 1.54) is 11.8 Å². The Morgan fingerprint density at radius 3 is 2.57 bits per heavy atom. The summed E-state index contributed by atoms with van der Waals surface area (Å²) >= 11 is 1.48. The minimum atomic E-state index is -0.000000000000000222. The highest BCUT2D eigenvalue weighted by Crippen LogP contribution is 1.98. The van der Waals surface area contributed by atoms with Gasteiger partial charge in [0.15, 0.2) is 0 Å². The van der Waals surface area contributed by atoms with Gasteiger partial charge >= 0.3 is 0 Å². The predicted octanol–water partition coefficient (Wildman–Crippen LogP) is -0.124. The average Bonchev–Trinajstić information content (AvgIpc) is 1.72. The fourth-order valence-electron chi connectivity index (χ4n) is 0.207. The molecule has 0 aliphatic carbocycles. The first-order chi connectivity index (χ1) is 3.35. The second-order valence-electron chi connectivity index (χ2n) is 1.15. The number of carbonyl (C=O) groups is 1. The van der Waals surface area contributed by atoms with Crippen LogP contribution in [0, 0.1) is 0 Å².